The van der Waals surface area contributed by atoms with E-state index in [9.17, 15) is 9.59 Å². The molecular formula is C17H32N4O2. The third-order valence-corrected chi connectivity index (χ3v) is 3.40. The number of nitrogens with one attached hydrogen (secondary N) is 2. The van der Waals surface area contributed by atoms with Crippen molar-refractivity contribution in [3.8, 4) is 0 Å². The Hall–Kier alpha value is -1.98. The lowest BCUT2D eigenvalue weighted by Gasteiger charge is -2.26. The lowest BCUT2D eigenvalue weighted by Crippen LogP contribution is -2.34. The Labute approximate surface area is 139 Å². The number of rotatable bonds is 9. The van der Waals surface area contributed by atoms with Crippen molar-refractivity contribution in [1.29, 1.82) is 0 Å². The van der Waals surface area contributed by atoms with Crippen molar-refractivity contribution in [2.24, 2.45) is 22.8 Å². The largest absolute Gasteiger partial charge is 0.402 e. The Morgan fingerprint density at radius 2 is 1.52 bits per heavy atom. The van der Waals surface area contributed by atoms with Gasteiger partial charge in [-0.3, -0.25) is 9.59 Å². The third kappa shape index (κ3) is 12.3. The van der Waals surface area contributed by atoms with Crippen LogP contribution in [0.2, 0.25) is 0 Å². The molecule has 1 atom stereocenters. The highest BCUT2D eigenvalue weighted by atomic mass is 16.2. The topological polar surface area (TPSA) is 110 Å². The van der Waals surface area contributed by atoms with E-state index >= 15 is 0 Å². The Morgan fingerprint density at radius 1 is 1.04 bits per heavy atom. The van der Waals surface area contributed by atoms with Crippen molar-refractivity contribution in [1.82, 2.24) is 10.6 Å². The van der Waals surface area contributed by atoms with E-state index in [1.807, 2.05) is 0 Å². The van der Waals surface area contributed by atoms with E-state index in [0.29, 0.717) is 30.4 Å². The van der Waals surface area contributed by atoms with E-state index in [-0.39, 0.29) is 17.2 Å². The first-order valence-corrected chi connectivity index (χ1v) is 7.95. The van der Waals surface area contributed by atoms with Gasteiger partial charge in [0.2, 0.25) is 11.8 Å². The molecule has 0 aromatic heterocycles. The molecule has 0 aromatic rings. The van der Waals surface area contributed by atoms with Gasteiger partial charge in [-0.15, -0.1) is 0 Å². The lowest BCUT2D eigenvalue weighted by atomic mass is 9.85. The van der Waals surface area contributed by atoms with Gasteiger partial charge in [-0.05, 0) is 38.0 Å². The predicted octanol–water partition coefficient (Wildman–Crippen LogP) is 1.39. The molecule has 0 saturated heterocycles. The number of allylic oxidation sites excluding steroid dienone is 2. The monoisotopic (exact) mass is 324 g/mol. The van der Waals surface area contributed by atoms with Gasteiger partial charge in [0.15, 0.2) is 0 Å². The summed E-state index contributed by atoms with van der Waals surface area (Å²) in [6.07, 6.45) is 4.68. The zero-order valence-electron chi connectivity index (χ0n) is 15.0. The molecule has 6 N–H and O–H groups in total. The molecule has 0 aliphatic carbocycles. The van der Waals surface area contributed by atoms with Crippen LogP contribution in [0, 0.1) is 11.3 Å². The lowest BCUT2D eigenvalue weighted by molar-refractivity contribution is -0.117. The Kier molecular flexibility index (Phi) is 9.07. The second kappa shape index (κ2) is 9.92. The van der Waals surface area contributed by atoms with Gasteiger partial charge in [0.05, 0.1) is 0 Å². The Balaban J connectivity index is 4.12. The molecule has 1 unspecified atom stereocenters. The van der Waals surface area contributed by atoms with Gasteiger partial charge in [-0.25, -0.2) is 0 Å². The molecule has 0 bridgehead atoms. The molecule has 0 fully saturated rings. The van der Waals surface area contributed by atoms with Crippen LogP contribution < -0.4 is 22.1 Å². The molecule has 6 heteroatoms. The summed E-state index contributed by atoms with van der Waals surface area (Å²) < 4.78 is 0. The molecule has 0 heterocycles. The van der Waals surface area contributed by atoms with Gasteiger partial charge < -0.3 is 22.1 Å². The van der Waals surface area contributed by atoms with Crippen molar-refractivity contribution >= 4 is 11.8 Å². The quantitative estimate of drug-likeness (QED) is 0.480. The number of hydrogen-bond donors (Lipinski definition) is 4. The first-order valence-electron chi connectivity index (χ1n) is 7.95. The van der Waals surface area contributed by atoms with E-state index in [2.05, 4.69) is 31.4 Å². The van der Waals surface area contributed by atoms with Crippen LogP contribution >= 0.6 is 0 Å². The van der Waals surface area contributed by atoms with Gasteiger partial charge >= 0.3 is 0 Å². The van der Waals surface area contributed by atoms with Crippen LogP contribution in [-0.4, -0.2) is 24.9 Å². The molecule has 6 nitrogen and oxygen atoms in total. The van der Waals surface area contributed by atoms with Crippen molar-refractivity contribution in [2.45, 2.75) is 47.5 Å². The maximum atomic E-state index is 11.6. The smallest absolute Gasteiger partial charge is 0.245 e. The molecule has 0 rings (SSSR count). The van der Waals surface area contributed by atoms with Gasteiger partial charge in [0, 0.05) is 36.6 Å². The predicted molar refractivity (Wildman–Crippen MR) is 94.1 cm³/mol. The minimum Gasteiger partial charge on any atom is -0.402 e. The van der Waals surface area contributed by atoms with Crippen molar-refractivity contribution < 1.29 is 9.59 Å². The number of amides is 2. The van der Waals surface area contributed by atoms with Crippen LogP contribution in [0.5, 0.6) is 0 Å². The minimum absolute atomic E-state index is 0.0159. The normalized spacial score (nSPS) is 14.3. The van der Waals surface area contributed by atoms with Crippen LogP contribution in [0.25, 0.3) is 0 Å². The number of nitrogens with two attached hydrogens (primary N) is 2. The van der Waals surface area contributed by atoms with Crippen LogP contribution in [0.4, 0.5) is 0 Å². The standard InChI is InChI=1S/C17H32N4O2/c1-12(10-20-15(22)8-13(2)18)6-7-17(4,5)11-21-16(23)9-14(3)19/h8-9,12H,6-7,10-11,18-19H2,1-5H3,(H,20,22)(H,21,23)/b13-8-,14-9-. The van der Waals surface area contributed by atoms with Crippen LogP contribution in [0.15, 0.2) is 23.5 Å². The minimum atomic E-state index is -0.165. The van der Waals surface area contributed by atoms with Gasteiger partial charge in [0.1, 0.15) is 0 Å². The van der Waals surface area contributed by atoms with E-state index < -0.39 is 0 Å². The molecule has 0 aromatic carbocycles. The average molecular weight is 324 g/mol. The summed E-state index contributed by atoms with van der Waals surface area (Å²) in [4.78, 5) is 23.1. The number of carbonyl (C=O) groups excluding carboxylic acids is 2. The molecule has 0 aliphatic rings. The molecule has 0 spiro atoms. The average Bonchev–Trinajstić information content (AvgIpc) is 2.39. The summed E-state index contributed by atoms with van der Waals surface area (Å²) >= 11 is 0. The molecular weight excluding hydrogens is 292 g/mol. The van der Waals surface area contributed by atoms with Crippen molar-refractivity contribution in [2.75, 3.05) is 13.1 Å². The number of hydrogen-bond acceptors (Lipinski definition) is 4. The molecule has 132 valence electrons. The highest BCUT2D eigenvalue weighted by molar-refractivity contribution is 5.88. The van der Waals surface area contributed by atoms with Crippen LogP contribution in [0.3, 0.4) is 0 Å². The van der Waals surface area contributed by atoms with E-state index in [0.717, 1.165) is 12.8 Å². The second-order valence-corrected chi connectivity index (χ2v) is 7.05. The Bertz CT molecular complexity index is 459. The fourth-order valence-electron chi connectivity index (χ4n) is 1.94. The van der Waals surface area contributed by atoms with Gasteiger partial charge in [-0.1, -0.05) is 20.8 Å². The zero-order valence-corrected chi connectivity index (χ0v) is 15.0. The van der Waals surface area contributed by atoms with Gasteiger partial charge in [-0.2, -0.15) is 0 Å². The third-order valence-electron chi connectivity index (χ3n) is 3.40. The van der Waals surface area contributed by atoms with Crippen molar-refractivity contribution in [3.05, 3.63) is 23.5 Å². The summed E-state index contributed by atoms with van der Waals surface area (Å²) in [5.74, 6) is 0.0289. The Morgan fingerprint density at radius 3 is 2.00 bits per heavy atom. The highest BCUT2D eigenvalue weighted by Gasteiger charge is 2.19. The second-order valence-electron chi connectivity index (χ2n) is 7.05. The van der Waals surface area contributed by atoms with E-state index in [1.54, 1.807) is 13.8 Å². The maximum absolute atomic E-state index is 11.6. The number of carbonyl (C=O) groups is 2. The van der Waals surface area contributed by atoms with Crippen LogP contribution in [-0.2, 0) is 9.59 Å². The summed E-state index contributed by atoms with van der Waals surface area (Å²) in [6, 6.07) is 0. The summed E-state index contributed by atoms with van der Waals surface area (Å²) in [7, 11) is 0. The molecule has 23 heavy (non-hydrogen) atoms. The molecule has 0 radical (unpaired) electrons. The first kappa shape index (κ1) is 21.0. The highest BCUT2D eigenvalue weighted by Crippen LogP contribution is 2.23. The summed E-state index contributed by atoms with van der Waals surface area (Å²) in [6.45, 7) is 10.9. The first-order chi connectivity index (χ1) is 10.5. The van der Waals surface area contributed by atoms with Crippen LogP contribution in [0.1, 0.15) is 47.5 Å². The fraction of sp³-hybridized carbons (Fsp3) is 0.647. The van der Waals surface area contributed by atoms with E-state index in [1.165, 1.54) is 12.2 Å². The SMILES string of the molecule is C/C(N)=C/C(=O)NCC(C)CCC(C)(C)CNC(=O)/C=C(/C)N. The molecule has 0 aliphatic heterocycles. The molecule has 2 amide bonds. The summed E-state index contributed by atoms with van der Waals surface area (Å²) in [5, 5.41) is 5.70. The summed E-state index contributed by atoms with van der Waals surface area (Å²) in [5.41, 5.74) is 11.9. The molecule has 0 saturated carbocycles. The zero-order chi connectivity index (χ0) is 18.0. The fourth-order valence-corrected chi connectivity index (χ4v) is 1.94. The maximum Gasteiger partial charge on any atom is 0.245 e. The van der Waals surface area contributed by atoms with E-state index in [4.69, 9.17) is 11.5 Å². The van der Waals surface area contributed by atoms with Crippen molar-refractivity contribution in [3.63, 3.8) is 0 Å². The van der Waals surface area contributed by atoms with Gasteiger partial charge in [0.25, 0.3) is 0 Å².